The number of rotatable bonds is 5. The van der Waals surface area contributed by atoms with Crippen molar-refractivity contribution < 1.29 is 4.79 Å². The predicted molar refractivity (Wildman–Crippen MR) is 98.4 cm³/mol. The molecule has 1 aromatic heterocycles. The summed E-state index contributed by atoms with van der Waals surface area (Å²) in [5, 5.41) is 14.9. The molecule has 0 saturated heterocycles. The Hall–Kier alpha value is -2.65. The number of anilines is 2. The molecule has 0 aliphatic heterocycles. The monoisotopic (exact) mass is 384 g/mol. The van der Waals surface area contributed by atoms with Crippen LogP contribution >= 0.6 is 15.9 Å². The molecule has 0 unspecified atom stereocenters. The summed E-state index contributed by atoms with van der Waals surface area (Å²) in [6.07, 6.45) is 2.98. The first-order valence-electron chi connectivity index (χ1n) is 7.40. The minimum atomic E-state index is -0.463. The van der Waals surface area contributed by atoms with Crippen LogP contribution in [0.1, 0.15) is 25.3 Å². The molecule has 1 heterocycles. The largest absolute Gasteiger partial charge is 0.345 e. The lowest BCUT2D eigenvalue weighted by Crippen LogP contribution is -2.16. The van der Waals surface area contributed by atoms with E-state index >= 15 is 0 Å². The molecule has 5 nitrogen and oxygen atoms in total. The molecule has 2 rings (SSSR count). The molecule has 122 valence electrons. The van der Waals surface area contributed by atoms with E-state index in [4.69, 9.17) is 0 Å². The van der Waals surface area contributed by atoms with Crippen LogP contribution in [0.25, 0.3) is 0 Å². The van der Waals surface area contributed by atoms with Gasteiger partial charge in [0.15, 0.2) is 0 Å². The van der Waals surface area contributed by atoms with E-state index < -0.39 is 5.91 Å². The zero-order valence-electron chi connectivity index (χ0n) is 13.4. The number of halogens is 1. The molecule has 0 radical (unpaired) electrons. The number of pyridine rings is 1. The molecule has 2 N–H and O–H groups in total. The average Bonchev–Trinajstić information content (AvgIpc) is 2.57. The zero-order chi connectivity index (χ0) is 17.5. The van der Waals surface area contributed by atoms with Crippen LogP contribution in [0.15, 0.2) is 58.8 Å². The topological polar surface area (TPSA) is 77.8 Å². The molecule has 0 aliphatic carbocycles. The van der Waals surface area contributed by atoms with Gasteiger partial charge in [0.2, 0.25) is 0 Å². The molecule has 6 heteroatoms. The smallest absolute Gasteiger partial charge is 0.267 e. The summed E-state index contributed by atoms with van der Waals surface area (Å²) < 4.78 is 0.848. The summed E-state index contributed by atoms with van der Waals surface area (Å²) in [4.78, 5) is 16.4. The molecule has 24 heavy (non-hydrogen) atoms. The lowest BCUT2D eigenvalue weighted by atomic mass is 10.0. The van der Waals surface area contributed by atoms with Gasteiger partial charge in [-0.05, 0) is 45.6 Å². The maximum absolute atomic E-state index is 12.3. The normalized spacial score (nSPS) is 11.0. The minimum absolute atomic E-state index is 0.0294. The van der Waals surface area contributed by atoms with Crippen LogP contribution in [-0.4, -0.2) is 10.9 Å². The highest BCUT2D eigenvalue weighted by Crippen LogP contribution is 2.24. The van der Waals surface area contributed by atoms with Gasteiger partial charge in [-0.2, -0.15) is 5.26 Å². The van der Waals surface area contributed by atoms with Gasteiger partial charge in [-0.15, -0.1) is 0 Å². The highest BCUT2D eigenvalue weighted by Gasteiger charge is 2.13. The molecule has 0 atom stereocenters. The second-order valence-electron chi connectivity index (χ2n) is 5.37. The summed E-state index contributed by atoms with van der Waals surface area (Å²) in [7, 11) is 0. The van der Waals surface area contributed by atoms with Crippen molar-refractivity contribution in [3.05, 3.63) is 64.4 Å². The van der Waals surface area contributed by atoms with Gasteiger partial charge in [0.1, 0.15) is 17.5 Å². The molecule has 0 aliphatic rings. The fourth-order valence-corrected chi connectivity index (χ4v) is 2.29. The standard InChI is InChI=1S/C18H17BrN4O/c1-12(2)15-5-3-4-6-16(15)23-18(24)13(9-20)10-21-17-8-7-14(19)11-22-17/h3-8,10-12H,1-2H3,(H,21,22)(H,23,24)/b13-10-. The van der Waals surface area contributed by atoms with Crippen molar-refractivity contribution in [2.45, 2.75) is 19.8 Å². The van der Waals surface area contributed by atoms with Crippen molar-refractivity contribution in [2.75, 3.05) is 10.6 Å². The Balaban J connectivity index is 2.13. The van der Waals surface area contributed by atoms with Crippen molar-refractivity contribution in [3.8, 4) is 6.07 Å². The van der Waals surface area contributed by atoms with Crippen LogP contribution in [0.3, 0.4) is 0 Å². The van der Waals surface area contributed by atoms with Crippen molar-refractivity contribution >= 4 is 33.3 Å². The average molecular weight is 385 g/mol. The minimum Gasteiger partial charge on any atom is -0.345 e. The van der Waals surface area contributed by atoms with Crippen LogP contribution in [0.4, 0.5) is 11.5 Å². The first kappa shape index (κ1) is 17.7. The van der Waals surface area contributed by atoms with Crippen molar-refractivity contribution in [1.82, 2.24) is 4.98 Å². The Labute approximate surface area is 149 Å². The van der Waals surface area contributed by atoms with E-state index in [1.54, 1.807) is 12.3 Å². The third kappa shape index (κ3) is 4.67. The number of carbonyl (C=O) groups is 1. The number of nitriles is 1. The molecule has 0 spiro atoms. The Kier molecular flexibility index (Phi) is 6.10. The molecule has 0 fully saturated rings. The van der Waals surface area contributed by atoms with Crippen LogP contribution in [0, 0.1) is 11.3 Å². The zero-order valence-corrected chi connectivity index (χ0v) is 15.0. The molecular weight excluding hydrogens is 368 g/mol. The third-order valence-electron chi connectivity index (χ3n) is 3.29. The highest BCUT2D eigenvalue weighted by atomic mass is 79.9. The van der Waals surface area contributed by atoms with Gasteiger partial charge in [0.05, 0.1) is 0 Å². The second-order valence-corrected chi connectivity index (χ2v) is 6.29. The number of benzene rings is 1. The maximum Gasteiger partial charge on any atom is 0.267 e. The number of nitrogens with one attached hydrogen (secondary N) is 2. The van der Waals surface area contributed by atoms with Crippen LogP contribution < -0.4 is 10.6 Å². The third-order valence-corrected chi connectivity index (χ3v) is 3.76. The van der Waals surface area contributed by atoms with Gasteiger partial charge in [0.25, 0.3) is 5.91 Å². The van der Waals surface area contributed by atoms with E-state index in [0.717, 1.165) is 10.0 Å². The summed E-state index contributed by atoms with van der Waals surface area (Å²) in [5.74, 6) is 0.345. The summed E-state index contributed by atoms with van der Waals surface area (Å²) in [6, 6.07) is 13.0. The van der Waals surface area contributed by atoms with Gasteiger partial charge in [-0.1, -0.05) is 32.0 Å². The second kappa shape index (κ2) is 8.27. The summed E-state index contributed by atoms with van der Waals surface area (Å²) in [6.45, 7) is 4.10. The Bertz CT molecular complexity index is 791. The number of hydrogen-bond donors (Lipinski definition) is 2. The van der Waals surface area contributed by atoms with Crippen molar-refractivity contribution in [1.29, 1.82) is 5.26 Å². The van der Waals surface area contributed by atoms with Crippen molar-refractivity contribution in [2.24, 2.45) is 0 Å². The fourth-order valence-electron chi connectivity index (χ4n) is 2.06. The van der Waals surface area contributed by atoms with Gasteiger partial charge < -0.3 is 10.6 Å². The quantitative estimate of drug-likeness (QED) is 0.590. The number of carbonyl (C=O) groups excluding carboxylic acids is 1. The Morgan fingerprint density at radius 1 is 1.29 bits per heavy atom. The number of nitrogens with zero attached hydrogens (tertiary/aromatic N) is 2. The highest BCUT2D eigenvalue weighted by molar-refractivity contribution is 9.10. The first-order valence-corrected chi connectivity index (χ1v) is 8.19. The summed E-state index contributed by atoms with van der Waals surface area (Å²) >= 11 is 3.30. The first-order chi connectivity index (χ1) is 11.5. The number of amides is 1. The van der Waals surface area contributed by atoms with E-state index in [1.165, 1.54) is 6.20 Å². The van der Waals surface area contributed by atoms with E-state index in [2.05, 4.69) is 31.5 Å². The molecular formula is C18H17BrN4O. The van der Waals surface area contributed by atoms with Crippen molar-refractivity contribution in [3.63, 3.8) is 0 Å². The van der Waals surface area contributed by atoms with Crippen LogP contribution in [0.2, 0.25) is 0 Å². The lowest BCUT2D eigenvalue weighted by molar-refractivity contribution is -0.112. The van der Waals surface area contributed by atoms with Gasteiger partial charge in [0, 0.05) is 22.6 Å². The van der Waals surface area contributed by atoms with Gasteiger partial charge in [-0.3, -0.25) is 4.79 Å². The molecule has 2 aromatic rings. The Morgan fingerprint density at radius 3 is 2.67 bits per heavy atom. The molecule has 0 saturated carbocycles. The Morgan fingerprint density at radius 2 is 2.04 bits per heavy atom. The predicted octanol–water partition coefficient (Wildman–Crippen LogP) is 4.43. The lowest BCUT2D eigenvalue weighted by Gasteiger charge is -2.13. The molecule has 1 aromatic carbocycles. The SMILES string of the molecule is CC(C)c1ccccc1NC(=O)/C(C#N)=C\Nc1ccc(Br)cn1. The fraction of sp³-hybridized carbons (Fsp3) is 0.167. The van der Waals surface area contributed by atoms with E-state index in [0.29, 0.717) is 11.5 Å². The van der Waals surface area contributed by atoms with Crippen LogP contribution in [-0.2, 0) is 4.79 Å². The molecule has 1 amide bonds. The van der Waals surface area contributed by atoms with E-state index in [1.807, 2.05) is 50.2 Å². The number of para-hydroxylation sites is 1. The molecule has 0 bridgehead atoms. The number of aromatic nitrogens is 1. The van der Waals surface area contributed by atoms with Gasteiger partial charge >= 0.3 is 0 Å². The van der Waals surface area contributed by atoms with Crippen LogP contribution in [0.5, 0.6) is 0 Å². The number of hydrogen-bond acceptors (Lipinski definition) is 4. The summed E-state index contributed by atoms with van der Waals surface area (Å²) in [5.41, 5.74) is 1.70. The maximum atomic E-state index is 12.3. The van der Waals surface area contributed by atoms with E-state index in [-0.39, 0.29) is 11.5 Å². The van der Waals surface area contributed by atoms with Gasteiger partial charge in [-0.25, -0.2) is 4.98 Å². The van der Waals surface area contributed by atoms with E-state index in [9.17, 15) is 10.1 Å².